The van der Waals surface area contributed by atoms with Crippen molar-refractivity contribution in [1.82, 2.24) is 0 Å². The molecule has 5 nitrogen and oxygen atoms in total. The van der Waals surface area contributed by atoms with Gasteiger partial charge in [0.1, 0.15) is 12.1 Å². The van der Waals surface area contributed by atoms with Crippen molar-refractivity contribution in [2.24, 2.45) is 5.73 Å². The minimum atomic E-state index is -1.06. The van der Waals surface area contributed by atoms with Gasteiger partial charge >= 0.3 is 5.97 Å². The van der Waals surface area contributed by atoms with Crippen LogP contribution in [0.15, 0.2) is 6.07 Å². The quantitative estimate of drug-likeness (QED) is 0.878. The van der Waals surface area contributed by atoms with Gasteiger partial charge in [0, 0.05) is 12.0 Å². The average Bonchev–Trinajstić information content (AvgIpc) is 2.74. The molecule has 1 aromatic rings. The number of ether oxygens (including phenoxy) is 2. The molecule has 2 atom stereocenters. The number of methoxy groups -OCH3 is 1. The first-order valence-corrected chi connectivity index (χ1v) is 6.35. The molecule has 1 aliphatic rings. The molecule has 104 valence electrons. The highest BCUT2D eigenvalue weighted by Gasteiger charge is 2.28. The van der Waals surface area contributed by atoms with Crippen LogP contribution in [0.4, 0.5) is 0 Å². The maximum absolute atomic E-state index is 10.8. The van der Waals surface area contributed by atoms with Crippen LogP contribution in [0.2, 0.25) is 5.02 Å². The molecule has 0 saturated heterocycles. The maximum atomic E-state index is 10.8. The number of aliphatic carboxylic acids is 1. The summed E-state index contributed by atoms with van der Waals surface area (Å²) in [6.45, 7) is 1.94. The molecule has 1 aliphatic heterocycles. The Morgan fingerprint density at radius 1 is 1.74 bits per heavy atom. The predicted molar refractivity (Wildman–Crippen MR) is 71.1 cm³/mol. The Balaban J connectivity index is 2.41. The van der Waals surface area contributed by atoms with E-state index in [0.717, 1.165) is 5.56 Å². The number of rotatable bonds is 4. The van der Waals surface area contributed by atoms with Crippen LogP contribution < -0.4 is 15.2 Å². The van der Waals surface area contributed by atoms with Crippen LogP contribution in [0.5, 0.6) is 11.5 Å². The lowest BCUT2D eigenvalue weighted by Crippen LogP contribution is -2.32. The summed E-state index contributed by atoms with van der Waals surface area (Å²) < 4.78 is 10.9. The Kier molecular flexibility index (Phi) is 3.87. The van der Waals surface area contributed by atoms with Crippen molar-refractivity contribution >= 4 is 17.6 Å². The molecule has 0 bridgehead atoms. The van der Waals surface area contributed by atoms with Gasteiger partial charge in [-0.1, -0.05) is 11.6 Å². The molecule has 1 aromatic carbocycles. The summed E-state index contributed by atoms with van der Waals surface area (Å²) in [5.41, 5.74) is 7.08. The van der Waals surface area contributed by atoms with E-state index < -0.39 is 12.0 Å². The molecule has 0 saturated carbocycles. The Labute approximate surface area is 116 Å². The summed E-state index contributed by atoms with van der Waals surface area (Å²) in [5, 5.41) is 9.40. The molecule has 0 aromatic heterocycles. The van der Waals surface area contributed by atoms with Crippen molar-refractivity contribution in [2.45, 2.75) is 31.9 Å². The molecule has 0 fully saturated rings. The van der Waals surface area contributed by atoms with Crippen LogP contribution in [0.3, 0.4) is 0 Å². The van der Waals surface area contributed by atoms with Gasteiger partial charge in [-0.2, -0.15) is 0 Å². The minimum absolute atomic E-state index is 0.0322. The van der Waals surface area contributed by atoms with E-state index >= 15 is 0 Å². The van der Waals surface area contributed by atoms with Crippen LogP contribution in [-0.2, 0) is 17.6 Å². The van der Waals surface area contributed by atoms with Gasteiger partial charge in [-0.05, 0) is 25.0 Å². The molecule has 1 heterocycles. The predicted octanol–water partition coefficient (Wildman–Crippen LogP) is 1.63. The highest BCUT2D eigenvalue weighted by atomic mass is 35.5. The molecular formula is C13H16ClNO4. The highest BCUT2D eigenvalue weighted by molar-refractivity contribution is 6.32. The van der Waals surface area contributed by atoms with Gasteiger partial charge in [0.15, 0.2) is 11.5 Å². The molecule has 19 heavy (non-hydrogen) atoms. The van der Waals surface area contributed by atoms with E-state index in [2.05, 4.69) is 0 Å². The molecule has 3 N–H and O–H groups in total. The van der Waals surface area contributed by atoms with Crippen LogP contribution in [-0.4, -0.2) is 30.3 Å². The first kappa shape index (κ1) is 14.0. The molecule has 0 aliphatic carbocycles. The lowest BCUT2D eigenvalue weighted by molar-refractivity contribution is -0.138. The van der Waals surface area contributed by atoms with Crippen LogP contribution in [0, 0.1) is 0 Å². The average molecular weight is 286 g/mol. The normalized spacial score (nSPS) is 18.6. The Hall–Kier alpha value is -1.46. The summed E-state index contributed by atoms with van der Waals surface area (Å²) in [7, 11) is 1.54. The highest BCUT2D eigenvalue weighted by Crippen LogP contribution is 2.44. The SMILES string of the molecule is COc1cc(CC(N)C(=O)O)c(Cl)c2c1OC(C)C2. The summed E-state index contributed by atoms with van der Waals surface area (Å²) >= 11 is 6.31. The zero-order valence-electron chi connectivity index (χ0n) is 10.8. The molecule has 2 unspecified atom stereocenters. The Morgan fingerprint density at radius 3 is 3.00 bits per heavy atom. The number of hydrogen-bond donors (Lipinski definition) is 2. The van der Waals surface area contributed by atoms with E-state index in [1.54, 1.807) is 6.07 Å². The fourth-order valence-electron chi connectivity index (χ4n) is 2.20. The Bertz CT molecular complexity index is 518. The number of carboxylic acids is 1. The first-order valence-electron chi connectivity index (χ1n) is 5.97. The third kappa shape index (κ3) is 2.62. The van der Waals surface area contributed by atoms with Crippen molar-refractivity contribution in [2.75, 3.05) is 7.11 Å². The zero-order valence-corrected chi connectivity index (χ0v) is 11.5. The number of hydrogen-bond acceptors (Lipinski definition) is 4. The lowest BCUT2D eigenvalue weighted by Gasteiger charge is -2.14. The van der Waals surface area contributed by atoms with Gasteiger partial charge in [-0.25, -0.2) is 0 Å². The lowest BCUT2D eigenvalue weighted by atomic mass is 10.0. The van der Waals surface area contributed by atoms with Gasteiger partial charge < -0.3 is 20.3 Å². The largest absolute Gasteiger partial charge is 0.493 e. The fourth-order valence-corrected chi connectivity index (χ4v) is 2.49. The molecular weight excluding hydrogens is 270 g/mol. The number of fused-ring (bicyclic) bond motifs is 1. The number of benzene rings is 1. The molecule has 0 amide bonds. The topological polar surface area (TPSA) is 81.8 Å². The smallest absolute Gasteiger partial charge is 0.320 e. The van der Waals surface area contributed by atoms with Crippen molar-refractivity contribution < 1.29 is 19.4 Å². The van der Waals surface area contributed by atoms with Crippen molar-refractivity contribution in [3.8, 4) is 11.5 Å². The summed E-state index contributed by atoms with van der Waals surface area (Å²) in [5.74, 6) is 0.157. The van der Waals surface area contributed by atoms with E-state index in [9.17, 15) is 4.79 Å². The minimum Gasteiger partial charge on any atom is -0.493 e. The number of carbonyl (C=O) groups is 1. The second-order valence-corrected chi connectivity index (χ2v) is 5.02. The van der Waals surface area contributed by atoms with E-state index in [1.807, 2.05) is 6.92 Å². The number of carboxylic acid groups (broad SMARTS) is 1. The van der Waals surface area contributed by atoms with E-state index in [4.69, 9.17) is 31.9 Å². The second-order valence-electron chi connectivity index (χ2n) is 4.64. The summed E-state index contributed by atoms with van der Waals surface area (Å²) in [4.78, 5) is 10.8. The second kappa shape index (κ2) is 5.27. The molecule has 0 spiro atoms. The van der Waals surface area contributed by atoms with Crippen molar-refractivity contribution in [1.29, 1.82) is 0 Å². The fraction of sp³-hybridized carbons (Fsp3) is 0.462. The van der Waals surface area contributed by atoms with Gasteiger partial charge in [-0.3, -0.25) is 4.79 Å². The molecule has 0 radical (unpaired) electrons. The molecule has 2 rings (SSSR count). The standard InChI is InChI=1S/C13H16ClNO4/c1-6-3-8-11(14)7(4-9(15)13(16)17)5-10(18-2)12(8)19-6/h5-6,9H,3-4,15H2,1-2H3,(H,16,17). The van der Waals surface area contributed by atoms with Crippen molar-refractivity contribution in [3.05, 3.63) is 22.2 Å². The van der Waals surface area contributed by atoms with E-state index in [0.29, 0.717) is 28.5 Å². The van der Waals surface area contributed by atoms with Crippen LogP contribution in [0.1, 0.15) is 18.1 Å². The monoisotopic (exact) mass is 285 g/mol. The van der Waals surface area contributed by atoms with Crippen LogP contribution in [0.25, 0.3) is 0 Å². The van der Waals surface area contributed by atoms with Gasteiger partial charge in [0.2, 0.25) is 0 Å². The number of nitrogens with two attached hydrogens (primary N) is 1. The summed E-state index contributed by atoms with van der Waals surface area (Å²) in [6, 6.07) is 0.710. The van der Waals surface area contributed by atoms with Gasteiger partial charge in [-0.15, -0.1) is 0 Å². The number of halogens is 1. The maximum Gasteiger partial charge on any atom is 0.320 e. The van der Waals surface area contributed by atoms with Gasteiger partial charge in [0.05, 0.1) is 12.1 Å². The van der Waals surface area contributed by atoms with Gasteiger partial charge in [0.25, 0.3) is 0 Å². The third-order valence-electron chi connectivity index (χ3n) is 3.14. The van der Waals surface area contributed by atoms with E-state index in [-0.39, 0.29) is 12.5 Å². The first-order chi connectivity index (χ1) is 8.93. The van der Waals surface area contributed by atoms with Crippen LogP contribution >= 0.6 is 11.6 Å². The van der Waals surface area contributed by atoms with Crippen molar-refractivity contribution in [3.63, 3.8) is 0 Å². The Morgan fingerprint density at radius 2 is 2.42 bits per heavy atom. The third-order valence-corrected chi connectivity index (χ3v) is 3.61. The van der Waals surface area contributed by atoms with E-state index in [1.165, 1.54) is 7.11 Å². The molecule has 6 heteroatoms. The zero-order chi connectivity index (χ0) is 14.2. The summed E-state index contributed by atoms with van der Waals surface area (Å²) in [6.07, 6.45) is 0.872.